The Hall–Kier alpha value is -2.05. The molecule has 0 fully saturated rings. The van der Waals surface area contributed by atoms with Crippen LogP contribution in [0.3, 0.4) is 0 Å². The molecule has 1 aromatic rings. The van der Waals surface area contributed by atoms with Gasteiger partial charge in [-0.25, -0.2) is 13.2 Å². The first-order valence-electron chi connectivity index (χ1n) is 5.02. The third kappa shape index (κ3) is 4.08. The van der Waals surface area contributed by atoms with Gasteiger partial charge in [0.2, 0.25) is 0 Å². The highest BCUT2D eigenvalue weighted by Crippen LogP contribution is 2.17. The number of carbonyl (C=O) groups excluding carboxylic acids is 2. The molecule has 0 aromatic heterocycles. The van der Waals surface area contributed by atoms with Gasteiger partial charge in [0.05, 0.1) is 12.3 Å². The molecule has 0 spiro atoms. The van der Waals surface area contributed by atoms with Crippen LogP contribution in [0.5, 0.6) is 0 Å². The second-order valence-electron chi connectivity index (χ2n) is 3.28. The summed E-state index contributed by atoms with van der Waals surface area (Å²) in [6.45, 7) is -0.495. The van der Waals surface area contributed by atoms with Gasteiger partial charge in [0.15, 0.2) is 11.6 Å². The number of ether oxygens (including phenoxy) is 1. The van der Waals surface area contributed by atoms with Crippen LogP contribution in [0.15, 0.2) is 12.1 Å². The van der Waals surface area contributed by atoms with Gasteiger partial charge in [-0.3, -0.25) is 4.79 Å². The number of esters is 1. The number of benzene rings is 1. The zero-order chi connectivity index (χ0) is 13.5. The van der Waals surface area contributed by atoms with Crippen LogP contribution in [0.4, 0.5) is 18.9 Å². The molecule has 0 saturated carbocycles. The standard InChI is InChI=1S/C11H10F3NO3/c12-7-4-9(14)10(5-8(7)13)15-6-11(17)18-3-1-2-16/h2,4-5,15H,1,3,6H2. The maximum atomic E-state index is 13.1. The lowest BCUT2D eigenvalue weighted by Crippen LogP contribution is -2.18. The Labute approximate surface area is 101 Å². The van der Waals surface area contributed by atoms with E-state index >= 15 is 0 Å². The molecular formula is C11H10F3NO3. The lowest BCUT2D eigenvalue weighted by molar-refractivity contribution is -0.141. The first-order valence-corrected chi connectivity index (χ1v) is 5.02. The van der Waals surface area contributed by atoms with Gasteiger partial charge < -0.3 is 14.8 Å². The van der Waals surface area contributed by atoms with Crippen molar-refractivity contribution in [1.82, 2.24) is 0 Å². The fraction of sp³-hybridized carbons (Fsp3) is 0.273. The smallest absolute Gasteiger partial charge is 0.325 e. The summed E-state index contributed by atoms with van der Waals surface area (Å²) in [6.07, 6.45) is 0.640. The Morgan fingerprint density at radius 2 is 1.89 bits per heavy atom. The molecule has 0 bridgehead atoms. The van der Waals surface area contributed by atoms with Gasteiger partial charge in [0.1, 0.15) is 18.6 Å². The van der Waals surface area contributed by atoms with E-state index in [1.807, 2.05) is 0 Å². The Morgan fingerprint density at radius 1 is 1.22 bits per heavy atom. The summed E-state index contributed by atoms with van der Waals surface area (Å²) in [5, 5.41) is 2.26. The van der Waals surface area contributed by atoms with Crippen LogP contribution in [0.25, 0.3) is 0 Å². The van der Waals surface area contributed by atoms with Crippen molar-refractivity contribution in [3.8, 4) is 0 Å². The molecule has 0 radical (unpaired) electrons. The molecule has 7 heteroatoms. The fourth-order valence-electron chi connectivity index (χ4n) is 1.10. The minimum Gasteiger partial charge on any atom is -0.464 e. The lowest BCUT2D eigenvalue weighted by atomic mass is 10.3. The van der Waals surface area contributed by atoms with Gasteiger partial charge in [0, 0.05) is 18.6 Å². The van der Waals surface area contributed by atoms with Crippen molar-refractivity contribution >= 4 is 17.9 Å². The Bertz CT molecular complexity index is 451. The summed E-state index contributed by atoms with van der Waals surface area (Å²) >= 11 is 0. The molecular weight excluding hydrogens is 251 g/mol. The van der Waals surface area contributed by atoms with E-state index in [1.54, 1.807) is 0 Å². The second kappa shape index (κ2) is 6.63. The molecule has 1 aromatic carbocycles. The number of hydrogen-bond donors (Lipinski definition) is 1. The summed E-state index contributed by atoms with van der Waals surface area (Å²) < 4.78 is 43.1. The molecule has 98 valence electrons. The van der Waals surface area contributed by atoms with Crippen LogP contribution in [0.1, 0.15) is 6.42 Å². The van der Waals surface area contributed by atoms with Crippen molar-refractivity contribution in [1.29, 1.82) is 0 Å². The Kier molecular flexibility index (Phi) is 5.16. The van der Waals surface area contributed by atoms with Gasteiger partial charge in [0.25, 0.3) is 0 Å². The van der Waals surface area contributed by atoms with Gasteiger partial charge >= 0.3 is 5.97 Å². The fourth-order valence-corrected chi connectivity index (χ4v) is 1.10. The number of aldehydes is 1. The number of anilines is 1. The van der Waals surface area contributed by atoms with E-state index in [2.05, 4.69) is 10.1 Å². The molecule has 1 N–H and O–H groups in total. The quantitative estimate of drug-likeness (QED) is 0.366. The monoisotopic (exact) mass is 261 g/mol. The SMILES string of the molecule is O=CCCOC(=O)CNc1cc(F)c(F)cc1F. The third-order valence-corrected chi connectivity index (χ3v) is 1.93. The van der Waals surface area contributed by atoms with Crippen LogP contribution in [0.2, 0.25) is 0 Å². The van der Waals surface area contributed by atoms with Crippen molar-refractivity contribution in [2.75, 3.05) is 18.5 Å². The van der Waals surface area contributed by atoms with Crippen LogP contribution in [-0.2, 0) is 14.3 Å². The van der Waals surface area contributed by atoms with E-state index in [1.165, 1.54) is 0 Å². The van der Waals surface area contributed by atoms with Gasteiger partial charge in [-0.15, -0.1) is 0 Å². The topological polar surface area (TPSA) is 55.4 Å². The minimum absolute atomic E-state index is 0.0608. The zero-order valence-corrected chi connectivity index (χ0v) is 9.21. The predicted octanol–water partition coefficient (Wildman–Crippen LogP) is 1.65. The van der Waals surface area contributed by atoms with E-state index in [-0.39, 0.29) is 18.7 Å². The zero-order valence-electron chi connectivity index (χ0n) is 9.21. The van der Waals surface area contributed by atoms with Crippen molar-refractivity contribution in [3.63, 3.8) is 0 Å². The third-order valence-electron chi connectivity index (χ3n) is 1.93. The first kappa shape index (κ1) is 14.0. The highest BCUT2D eigenvalue weighted by molar-refractivity contribution is 5.75. The van der Waals surface area contributed by atoms with Crippen LogP contribution >= 0.6 is 0 Å². The summed E-state index contributed by atoms with van der Waals surface area (Å²) in [5.74, 6) is -4.30. The maximum Gasteiger partial charge on any atom is 0.325 e. The molecule has 4 nitrogen and oxygen atoms in total. The van der Waals surface area contributed by atoms with E-state index in [0.717, 1.165) is 0 Å². The van der Waals surface area contributed by atoms with E-state index in [4.69, 9.17) is 0 Å². The number of carbonyl (C=O) groups is 2. The minimum atomic E-state index is -1.31. The highest BCUT2D eigenvalue weighted by atomic mass is 19.2. The molecule has 0 amide bonds. The summed E-state index contributed by atoms with van der Waals surface area (Å²) in [4.78, 5) is 21.0. The molecule has 18 heavy (non-hydrogen) atoms. The molecule has 0 unspecified atom stereocenters. The van der Waals surface area contributed by atoms with E-state index < -0.39 is 30.0 Å². The van der Waals surface area contributed by atoms with Crippen LogP contribution in [0, 0.1) is 17.5 Å². The van der Waals surface area contributed by atoms with Crippen LogP contribution < -0.4 is 5.32 Å². The van der Waals surface area contributed by atoms with Gasteiger partial charge in [-0.1, -0.05) is 0 Å². The second-order valence-corrected chi connectivity index (χ2v) is 3.28. The lowest BCUT2D eigenvalue weighted by Gasteiger charge is -2.07. The van der Waals surface area contributed by atoms with Gasteiger partial charge in [-0.05, 0) is 0 Å². The number of rotatable bonds is 6. The van der Waals surface area contributed by atoms with Crippen molar-refractivity contribution in [2.24, 2.45) is 0 Å². The molecule has 0 saturated heterocycles. The molecule has 0 aliphatic carbocycles. The van der Waals surface area contributed by atoms with Crippen molar-refractivity contribution in [2.45, 2.75) is 6.42 Å². The maximum absolute atomic E-state index is 13.1. The normalized spacial score (nSPS) is 9.94. The highest BCUT2D eigenvalue weighted by Gasteiger charge is 2.11. The van der Waals surface area contributed by atoms with Gasteiger partial charge in [-0.2, -0.15) is 0 Å². The summed E-state index contributed by atoms with van der Waals surface area (Å²) in [6, 6.07) is 0.971. The Morgan fingerprint density at radius 3 is 2.56 bits per heavy atom. The van der Waals surface area contributed by atoms with Crippen molar-refractivity contribution < 1.29 is 27.5 Å². The van der Waals surface area contributed by atoms with E-state index in [9.17, 15) is 22.8 Å². The first-order chi connectivity index (χ1) is 8.54. The molecule has 0 aliphatic rings. The molecule has 0 aliphatic heterocycles. The average Bonchev–Trinajstić information content (AvgIpc) is 2.32. The van der Waals surface area contributed by atoms with Crippen molar-refractivity contribution in [3.05, 3.63) is 29.6 Å². The molecule has 1 rings (SSSR count). The van der Waals surface area contributed by atoms with E-state index in [0.29, 0.717) is 18.4 Å². The Balaban J connectivity index is 2.50. The largest absolute Gasteiger partial charge is 0.464 e. The predicted molar refractivity (Wildman–Crippen MR) is 56.4 cm³/mol. The number of hydrogen-bond acceptors (Lipinski definition) is 4. The van der Waals surface area contributed by atoms with Crippen LogP contribution in [-0.4, -0.2) is 25.4 Å². The number of halogens is 3. The average molecular weight is 261 g/mol. The molecule has 0 heterocycles. The summed E-state index contributed by atoms with van der Waals surface area (Å²) in [7, 11) is 0. The summed E-state index contributed by atoms with van der Waals surface area (Å²) in [5.41, 5.74) is -0.346. The molecule has 0 atom stereocenters. The number of nitrogens with one attached hydrogen (secondary N) is 1.